The Balaban J connectivity index is 1.56. The van der Waals surface area contributed by atoms with Gasteiger partial charge in [0.05, 0.1) is 12.7 Å². The predicted octanol–water partition coefficient (Wildman–Crippen LogP) is 7.47. The van der Waals surface area contributed by atoms with Crippen molar-refractivity contribution < 1.29 is 4.74 Å². The van der Waals surface area contributed by atoms with E-state index in [1.165, 1.54) is 61.7 Å². The fraction of sp³-hybridized carbons (Fsp3) is 0.786. The molecule has 1 N–H and O–H groups in total. The fourth-order valence-electron chi connectivity index (χ4n) is 5.64. The molecule has 0 aromatic heterocycles. The van der Waals surface area contributed by atoms with Crippen LogP contribution in [0, 0.1) is 23.7 Å². The Morgan fingerprint density at radius 1 is 0.867 bits per heavy atom. The molecular formula is C28H49NO. The van der Waals surface area contributed by atoms with Crippen molar-refractivity contribution in [2.75, 3.05) is 19.7 Å². The SMILES string of the molecule is CC(C)=CCCC(C)=CCCC(C)=CCNCCOC1C(C)CC2CC(C)CC1C2. The first kappa shape index (κ1) is 25.4. The summed E-state index contributed by atoms with van der Waals surface area (Å²) in [5, 5.41) is 3.55. The van der Waals surface area contributed by atoms with Crippen LogP contribution in [-0.2, 0) is 4.74 Å². The van der Waals surface area contributed by atoms with Crippen LogP contribution >= 0.6 is 0 Å². The van der Waals surface area contributed by atoms with Crippen molar-refractivity contribution in [1.82, 2.24) is 5.32 Å². The van der Waals surface area contributed by atoms with Crippen LogP contribution in [0.2, 0.25) is 0 Å². The second-order valence-electron chi connectivity index (χ2n) is 10.7. The summed E-state index contributed by atoms with van der Waals surface area (Å²) in [7, 11) is 0. The van der Waals surface area contributed by atoms with Gasteiger partial charge in [-0.25, -0.2) is 0 Å². The molecule has 2 heteroatoms. The Labute approximate surface area is 187 Å². The molecule has 0 aliphatic heterocycles. The van der Waals surface area contributed by atoms with Gasteiger partial charge in [-0.1, -0.05) is 48.8 Å². The van der Waals surface area contributed by atoms with Crippen molar-refractivity contribution in [1.29, 1.82) is 0 Å². The van der Waals surface area contributed by atoms with E-state index in [0.29, 0.717) is 6.10 Å². The molecule has 2 nitrogen and oxygen atoms in total. The van der Waals surface area contributed by atoms with Crippen molar-refractivity contribution >= 4 is 0 Å². The van der Waals surface area contributed by atoms with Gasteiger partial charge in [-0.15, -0.1) is 0 Å². The highest BCUT2D eigenvalue weighted by Gasteiger charge is 2.40. The lowest BCUT2D eigenvalue weighted by molar-refractivity contribution is -0.0778. The van der Waals surface area contributed by atoms with Crippen LogP contribution in [0.25, 0.3) is 0 Å². The van der Waals surface area contributed by atoms with Gasteiger partial charge in [0.1, 0.15) is 0 Å². The minimum absolute atomic E-state index is 0.495. The lowest BCUT2D eigenvalue weighted by Gasteiger charge is -2.46. The van der Waals surface area contributed by atoms with Crippen molar-refractivity contribution in [2.45, 2.75) is 99.0 Å². The van der Waals surface area contributed by atoms with Crippen LogP contribution in [0.3, 0.4) is 0 Å². The van der Waals surface area contributed by atoms with E-state index >= 15 is 0 Å². The zero-order chi connectivity index (χ0) is 21.9. The average Bonchev–Trinajstić information content (AvgIpc) is 2.65. The van der Waals surface area contributed by atoms with Crippen molar-refractivity contribution in [3.05, 3.63) is 34.9 Å². The first-order valence-corrected chi connectivity index (χ1v) is 12.6. The Kier molecular flexibility index (Phi) is 11.5. The molecule has 0 amide bonds. The van der Waals surface area contributed by atoms with E-state index in [4.69, 9.17) is 4.74 Å². The molecule has 2 saturated carbocycles. The van der Waals surface area contributed by atoms with Gasteiger partial charge in [-0.05, 0) is 103 Å². The minimum Gasteiger partial charge on any atom is -0.376 e. The van der Waals surface area contributed by atoms with Gasteiger partial charge in [0.15, 0.2) is 0 Å². The zero-order valence-corrected chi connectivity index (χ0v) is 20.8. The van der Waals surface area contributed by atoms with E-state index < -0.39 is 0 Å². The first-order valence-electron chi connectivity index (χ1n) is 12.6. The van der Waals surface area contributed by atoms with Crippen LogP contribution in [0.1, 0.15) is 92.9 Å². The number of rotatable bonds is 12. The molecular weight excluding hydrogens is 366 g/mol. The lowest BCUT2D eigenvalue weighted by atomic mass is 9.64. The summed E-state index contributed by atoms with van der Waals surface area (Å²) in [6, 6.07) is 0. The molecule has 30 heavy (non-hydrogen) atoms. The lowest BCUT2D eigenvalue weighted by Crippen LogP contribution is -2.43. The van der Waals surface area contributed by atoms with Crippen molar-refractivity contribution in [3.63, 3.8) is 0 Å². The number of ether oxygens (including phenoxy) is 1. The molecule has 2 aliphatic rings. The molecule has 172 valence electrons. The van der Waals surface area contributed by atoms with Crippen LogP contribution in [-0.4, -0.2) is 25.8 Å². The first-order chi connectivity index (χ1) is 14.3. The standard InChI is InChI=1S/C28H49NO/c1-21(2)9-7-10-22(3)11-8-12-23(4)13-14-29-15-16-30-28-25(6)19-26-17-24(5)18-27(28)20-26/h9,11,13,24-29H,7-8,10,12,14-20H2,1-6H3. The summed E-state index contributed by atoms with van der Waals surface area (Å²) in [6.07, 6.45) is 17.9. The van der Waals surface area contributed by atoms with E-state index in [9.17, 15) is 0 Å². The predicted molar refractivity (Wildman–Crippen MR) is 132 cm³/mol. The van der Waals surface area contributed by atoms with E-state index in [1.54, 1.807) is 0 Å². The molecule has 0 heterocycles. The molecule has 2 fully saturated rings. The second kappa shape index (κ2) is 13.5. The molecule has 2 bridgehead atoms. The topological polar surface area (TPSA) is 21.3 Å². The maximum Gasteiger partial charge on any atom is 0.0629 e. The maximum atomic E-state index is 6.38. The number of hydrogen-bond acceptors (Lipinski definition) is 2. The largest absolute Gasteiger partial charge is 0.376 e. The average molecular weight is 416 g/mol. The van der Waals surface area contributed by atoms with Gasteiger partial charge in [0, 0.05) is 13.1 Å². The highest BCUT2D eigenvalue weighted by molar-refractivity contribution is 5.05. The monoisotopic (exact) mass is 415 g/mol. The Morgan fingerprint density at radius 2 is 1.57 bits per heavy atom. The fourth-order valence-corrected chi connectivity index (χ4v) is 5.64. The number of allylic oxidation sites excluding steroid dienone is 5. The summed E-state index contributed by atoms with van der Waals surface area (Å²) in [6.45, 7) is 16.5. The third-order valence-electron chi connectivity index (χ3n) is 7.11. The number of hydrogen-bond donors (Lipinski definition) is 1. The molecule has 2 aliphatic carbocycles. The van der Waals surface area contributed by atoms with E-state index in [-0.39, 0.29) is 0 Å². The molecule has 0 radical (unpaired) electrons. The molecule has 2 rings (SSSR count). The Hall–Kier alpha value is -0.860. The zero-order valence-electron chi connectivity index (χ0n) is 20.8. The van der Waals surface area contributed by atoms with Crippen LogP contribution in [0.5, 0.6) is 0 Å². The summed E-state index contributed by atoms with van der Waals surface area (Å²) in [4.78, 5) is 0. The Bertz CT molecular complexity index is 579. The van der Waals surface area contributed by atoms with Crippen LogP contribution in [0.15, 0.2) is 34.9 Å². The van der Waals surface area contributed by atoms with E-state index in [0.717, 1.165) is 49.8 Å². The summed E-state index contributed by atoms with van der Waals surface area (Å²) < 4.78 is 6.38. The number of nitrogens with one attached hydrogen (secondary N) is 1. The molecule has 0 saturated heterocycles. The second-order valence-corrected chi connectivity index (χ2v) is 10.7. The van der Waals surface area contributed by atoms with Gasteiger partial charge < -0.3 is 10.1 Å². The third kappa shape index (κ3) is 9.52. The minimum atomic E-state index is 0.495. The van der Waals surface area contributed by atoms with E-state index in [1.807, 2.05) is 0 Å². The molecule has 5 atom stereocenters. The maximum absolute atomic E-state index is 6.38. The highest BCUT2D eigenvalue weighted by atomic mass is 16.5. The summed E-state index contributed by atoms with van der Waals surface area (Å²) in [5.41, 5.74) is 4.43. The molecule has 5 unspecified atom stereocenters. The molecule has 0 aromatic carbocycles. The van der Waals surface area contributed by atoms with Gasteiger partial charge in [-0.2, -0.15) is 0 Å². The summed E-state index contributed by atoms with van der Waals surface area (Å²) in [5.74, 6) is 3.41. The highest BCUT2D eigenvalue weighted by Crippen LogP contribution is 2.45. The van der Waals surface area contributed by atoms with Gasteiger partial charge in [0.2, 0.25) is 0 Å². The van der Waals surface area contributed by atoms with Crippen molar-refractivity contribution in [2.24, 2.45) is 23.7 Å². The van der Waals surface area contributed by atoms with Gasteiger partial charge in [-0.3, -0.25) is 0 Å². The number of fused-ring (bicyclic) bond motifs is 2. The quantitative estimate of drug-likeness (QED) is 0.263. The van der Waals surface area contributed by atoms with E-state index in [2.05, 4.69) is 65.1 Å². The van der Waals surface area contributed by atoms with Gasteiger partial charge in [0.25, 0.3) is 0 Å². The van der Waals surface area contributed by atoms with Crippen LogP contribution in [0.4, 0.5) is 0 Å². The van der Waals surface area contributed by atoms with Crippen molar-refractivity contribution in [3.8, 4) is 0 Å². The third-order valence-corrected chi connectivity index (χ3v) is 7.11. The van der Waals surface area contributed by atoms with Gasteiger partial charge >= 0.3 is 0 Å². The normalized spacial score (nSPS) is 29.7. The Morgan fingerprint density at radius 3 is 2.30 bits per heavy atom. The smallest absolute Gasteiger partial charge is 0.0629 e. The van der Waals surface area contributed by atoms with Crippen LogP contribution < -0.4 is 5.32 Å². The summed E-state index contributed by atoms with van der Waals surface area (Å²) >= 11 is 0. The molecule has 0 aromatic rings. The molecule has 0 spiro atoms.